The van der Waals surface area contributed by atoms with Crippen LogP contribution >= 0.6 is 0 Å². The van der Waals surface area contributed by atoms with Crippen molar-refractivity contribution in [3.63, 3.8) is 0 Å². The Balaban J connectivity index is 1.74. The molecule has 2 heteroatoms. The number of hydrogen-bond donors (Lipinski definition) is 1. The summed E-state index contributed by atoms with van der Waals surface area (Å²) in [5.41, 5.74) is 4.03. The van der Waals surface area contributed by atoms with Crippen LogP contribution in [0.4, 0.5) is 5.69 Å². The van der Waals surface area contributed by atoms with Crippen molar-refractivity contribution < 1.29 is 4.74 Å². The summed E-state index contributed by atoms with van der Waals surface area (Å²) in [6.07, 6.45) is 2.37. The average molecular weight is 267 g/mol. The fourth-order valence-electron chi connectivity index (χ4n) is 2.82. The van der Waals surface area contributed by atoms with Crippen LogP contribution in [0.5, 0.6) is 5.75 Å². The zero-order valence-corrected chi connectivity index (χ0v) is 12.1. The first-order valence-electron chi connectivity index (χ1n) is 7.31. The first kappa shape index (κ1) is 13.0. The molecule has 0 atom stereocenters. The van der Waals surface area contributed by atoms with Crippen molar-refractivity contribution in [3.8, 4) is 5.75 Å². The number of ether oxygens (including phenoxy) is 1. The van der Waals surface area contributed by atoms with Gasteiger partial charge < -0.3 is 10.1 Å². The van der Waals surface area contributed by atoms with Gasteiger partial charge in [-0.3, -0.25) is 0 Å². The van der Waals surface area contributed by atoms with E-state index in [0.717, 1.165) is 24.3 Å². The normalized spacial score (nSPS) is 14.3. The maximum atomic E-state index is 5.87. The van der Waals surface area contributed by atoms with Crippen LogP contribution in [0.25, 0.3) is 0 Å². The van der Waals surface area contributed by atoms with Gasteiger partial charge in [0.15, 0.2) is 0 Å². The minimum atomic E-state index is 0.193. The third-order valence-electron chi connectivity index (χ3n) is 3.66. The zero-order valence-electron chi connectivity index (χ0n) is 12.1. The van der Waals surface area contributed by atoms with Gasteiger partial charge in [-0.05, 0) is 49.9 Å². The van der Waals surface area contributed by atoms with E-state index in [4.69, 9.17) is 4.74 Å². The SMILES string of the molecule is CC(C)Oc1ccccc1NC1Cc2ccccc2C1. The van der Waals surface area contributed by atoms with Crippen molar-refractivity contribution in [3.05, 3.63) is 59.7 Å². The highest BCUT2D eigenvalue weighted by Gasteiger charge is 2.21. The standard InChI is InChI=1S/C18H21NO/c1-13(2)20-18-10-6-5-9-17(18)19-16-11-14-7-3-4-8-15(14)12-16/h3-10,13,16,19H,11-12H2,1-2H3. The van der Waals surface area contributed by atoms with Gasteiger partial charge in [0.2, 0.25) is 0 Å². The van der Waals surface area contributed by atoms with Crippen LogP contribution in [0.2, 0.25) is 0 Å². The highest BCUT2D eigenvalue weighted by molar-refractivity contribution is 5.57. The Bertz CT molecular complexity index is 566. The summed E-state index contributed by atoms with van der Waals surface area (Å²) in [7, 11) is 0. The molecule has 0 radical (unpaired) electrons. The molecule has 0 aromatic heterocycles. The molecule has 0 unspecified atom stereocenters. The van der Waals surface area contributed by atoms with Gasteiger partial charge in [-0.25, -0.2) is 0 Å². The lowest BCUT2D eigenvalue weighted by molar-refractivity contribution is 0.243. The molecule has 0 saturated heterocycles. The van der Waals surface area contributed by atoms with Crippen molar-refractivity contribution in [1.82, 2.24) is 0 Å². The van der Waals surface area contributed by atoms with Crippen molar-refractivity contribution in [2.45, 2.75) is 38.8 Å². The van der Waals surface area contributed by atoms with Gasteiger partial charge in [0.25, 0.3) is 0 Å². The van der Waals surface area contributed by atoms with Gasteiger partial charge in [-0.1, -0.05) is 36.4 Å². The highest BCUT2D eigenvalue weighted by Crippen LogP contribution is 2.29. The molecule has 0 spiro atoms. The van der Waals surface area contributed by atoms with Crippen molar-refractivity contribution in [2.75, 3.05) is 5.32 Å². The minimum absolute atomic E-state index is 0.193. The summed E-state index contributed by atoms with van der Waals surface area (Å²) in [5.74, 6) is 0.943. The molecule has 1 aliphatic carbocycles. The Labute approximate surface area is 120 Å². The molecule has 0 fully saturated rings. The van der Waals surface area contributed by atoms with Crippen molar-refractivity contribution in [2.24, 2.45) is 0 Å². The summed E-state index contributed by atoms with van der Waals surface area (Å²) in [4.78, 5) is 0. The molecule has 2 nitrogen and oxygen atoms in total. The molecule has 0 heterocycles. The molecule has 2 aromatic carbocycles. The number of nitrogens with one attached hydrogen (secondary N) is 1. The Morgan fingerprint density at radius 1 is 0.950 bits per heavy atom. The lowest BCUT2D eigenvalue weighted by Crippen LogP contribution is -2.20. The van der Waals surface area contributed by atoms with E-state index in [1.54, 1.807) is 0 Å². The van der Waals surface area contributed by atoms with Crippen molar-refractivity contribution in [1.29, 1.82) is 0 Å². The molecule has 1 aliphatic rings. The number of rotatable bonds is 4. The molecular weight excluding hydrogens is 246 g/mol. The van der Waals surface area contributed by atoms with E-state index in [9.17, 15) is 0 Å². The minimum Gasteiger partial charge on any atom is -0.489 e. The van der Waals surface area contributed by atoms with E-state index >= 15 is 0 Å². The number of benzene rings is 2. The third kappa shape index (κ3) is 2.79. The maximum Gasteiger partial charge on any atom is 0.142 e. The molecule has 20 heavy (non-hydrogen) atoms. The highest BCUT2D eigenvalue weighted by atomic mass is 16.5. The summed E-state index contributed by atoms with van der Waals surface area (Å²) < 4.78 is 5.87. The fraction of sp³-hybridized carbons (Fsp3) is 0.333. The number of hydrogen-bond acceptors (Lipinski definition) is 2. The van der Waals surface area contributed by atoms with Crippen LogP contribution in [-0.2, 0) is 12.8 Å². The van der Waals surface area contributed by atoms with Crippen LogP contribution in [0.1, 0.15) is 25.0 Å². The fourth-order valence-corrected chi connectivity index (χ4v) is 2.82. The summed E-state index contributed by atoms with van der Waals surface area (Å²) in [6, 6.07) is 17.4. The summed E-state index contributed by atoms with van der Waals surface area (Å²) in [6.45, 7) is 4.12. The Morgan fingerprint density at radius 2 is 1.55 bits per heavy atom. The molecule has 2 aromatic rings. The zero-order chi connectivity index (χ0) is 13.9. The predicted octanol–water partition coefficient (Wildman–Crippen LogP) is 4.05. The van der Waals surface area contributed by atoms with Gasteiger partial charge in [-0.15, -0.1) is 0 Å². The molecule has 3 rings (SSSR count). The molecule has 0 amide bonds. The molecule has 0 saturated carbocycles. The second-order valence-electron chi connectivity index (χ2n) is 5.68. The van der Waals surface area contributed by atoms with Crippen LogP contribution in [0, 0.1) is 0 Å². The Kier molecular flexibility index (Phi) is 3.64. The maximum absolute atomic E-state index is 5.87. The van der Waals surface area contributed by atoms with Gasteiger partial charge in [0, 0.05) is 6.04 Å². The predicted molar refractivity (Wildman–Crippen MR) is 83.5 cm³/mol. The summed E-state index contributed by atoms with van der Waals surface area (Å²) in [5, 5.41) is 3.64. The second-order valence-corrected chi connectivity index (χ2v) is 5.68. The van der Waals surface area contributed by atoms with E-state index in [-0.39, 0.29) is 6.10 Å². The summed E-state index contributed by atoms with van der Waals surface area (Å²) >= 11 is 0. The van der Waals surface area contributed by atoms with Crippen LogP contribution < -0.4 is 10.1 Å². The van der Waals surface area contributed by atoms with Gasteiger partial charge in [0.1, 0.15) is 5.75 Å². The smallest absolute Gasteiger partial charge is 0.142 e. The molecule has 104 valence electrons. The number of para-hydroxylation sites is 2. The first-order valence-corrected chi connectivity index (χ1v) is 7.31. The first-order chi connectivity index (χ1) is 9.72. The average Bonchev–Trinajstić information content (AvgIpc) is 2.82. The van der Waals surface area contributed by atoms with E-state index in [2.05, 4.69) is 55.6 Å². The molecular formula is C18H21NO. The largest absolute Gasteiger partial charge is 0.489 e. The van der Waals surface area contributed by atoms with Crippen LogP contribution in [0.15, 0.2) is 48.5 Å². The lowest BCUT2D eigenvalue weighted by atomic mass is 10.1. The molecule has 0 aliphatic heterocycles. The van der Waals surface area contributed by atoms with E-state index in [1.165, 1.54) is 11.1 Å². The monoisotopic (exact) mass is 267 g/mol. The topological polar surface area (TPSA) is 21.3 Å². The van der Waals surface area contributed by atoms with Crippen molar-refractivity contribution >= 4 is 5.69 Å². The molecule has 1 N–H and O–H groups in total. The van der Waals surface area contributed by atoms with Crippen LogP contribution in [0.3, 0.4) is 0 Å². The Morgan fingerprint density at radius 3 is 2.20 bits per heavy atom. The lowest BCUT2D eigenvalue weighted by Gasteiger charge is -2.19. The van der Waals surface area contributed by atoms with E-state index in [1.807, 2.05) is 12.1 Å². The van der Waals surface area contributed by atoms with Crippen LogP contribution in [-0.4, -0.2) is 12.1 Å². The Hall–Kier alpha value is -1.96. The number of fused-ring (bicyclic) bond motifs is 1. The second kappa shape index (κ2) is 5.58. The third-order valence-corrected chi connectivity index (χ3v) is 3.66. The number of anilines is 1. The van der Waals surface area contributed by atoms with E-state index in [0.29, 0.717) is 6.04 Å². The quantitative estimate of drug-likeness (QED) is 0.902. The van der Waals surface area contributed by atoms with Gasteiger partial charge in [-0.2, -0.15) is 0 Å². The van der Waals surface area contributed by atoms with Gasteiger partial charge >= 0.3 is 0 Å². The molecule has 0 bridgehead atoms. The van der Waals surface area contributed by atoms with E-state index < -0.39 is 0 Å². The van der Waals surface area contributed by atoms with Gasteiger partial charge in [0.05, 0.1) is 11.8 Å².